The first-order valence-corrected chi connectivity index (χ1v) is 16.4. The van der Waals surface area contributed by atoms with Gasteiger partial charge in [0.2, 0.25) is 5.88 Å². The summed E-state index contributed by atoms with van der Waals surface area (Å²) in [5.74, 6) is -2.63. The van der Waals surface area contributed by atoms with Crippen molar-refractivity contribution < 1.29 is 75.0 Å². The number of ether oxygens (including phenoxy) is 4. The Labute approximate surface area is 310 Å². The zero-order valence-electron chi connectivity index (χ0n) is 29.7. The van der Waals surface area contributed by atoms with Crippen LogP contribution in [0, 0.1) is 0 Å². The normalized spacial score (nSPS) is 16.8. The zero-order chi connectivity index (χ0) is 41.1. The number of anilines is 1. The minimum atomic E-state index is -5.05. The van der Waals surface area contributed by atoms with E-state index >= 15 is 0 Å². The van der Waals surface area contributed by atoms with Crippen LogP contribution in [-0.2, 0) is 44.3 Å². The van der Waals surface area contributed by atoms with Crippen LogP contribution in [0.5, 0.6) is 11.6 Å². The van der Waals surface area contributed by atoms with Crippen molar-refractivity contribution in [2.75, 3.05) is 45.5 Å². The van der Waals surface area contributed by atoms with Crippen LogP contribution in [0.15, 0.2) is 36.5 Å². The van der Waals surface area contributed by atoms with E-state index in [1.54, 1.807) is 6.92 Å². The van der Waals surface area contributed by atoms with E-state index in [1.807, 2.05) is 0 Å². The van der Waals surface area contributed by atoms with Gasteiger partial charge in [0.05, 0.1) is 80.1 Å². The second-order valence-corrected chi connectivity index (χ2v) is 11.9. The Balaban J connectivity index is 0.000000641. The number of amides is 1. The fourth-order valence-electron chi connectivity index (χ4n) is 5.50. The molecule has 1 aliphatic rings. The molecule has 302 valence electrons. The maximum absolute atomic E-state index is 13.6. The van der Waals surface area contributed by atoms with Crippen molar-refractivity contribution >= 4 is 23.7 Å². The maximum atomic E-state index is 13.6. The largest absolute Gasteiger partial charge is 0.488 e. The Morgan fingerprint density at radius 2 is 1.51 bits per heavy atom. The van der Waals surface area contributed by atoms with E-state index in [9.17, 15) is 45.8 Å². The maximum Gasteiger partial charge on any atom is 0.416 e. The van der Waals surface area contributed by atoms with Crippen LogP contribution in [0.2, 0.25) is 0 Å². The number of benzene rings is 1. The van der Waals surface area contributed by atoms with Crippen molar-refractivity contribution in [3.8, 4) is 11.6 Å². The molecule has 2 aromatic heterocycles. The van der Waals surface area contributed by atoms with Crippen molar-refractivity contribution in [3.05, 3.63) is 70.4 Å². The highest BCUT2D eigenvalue weighted by Gasteiger charge is 2.50. The number of hydrogen-bond acceptors (Lipinski definition) is 11. The molecule has 55 heavy (non-hydrogen) atoms. The van der Waals surface area contributed by atoms with Gasteiger partial charge in [-0.05, 0) is 36.2 Å². The third-order valence-corrected chi connectivity index (χ3v) is 8.19. The minimum absolute atomic E-state index is 0.00650. The molecule has 0 saturated heterocycles. The molecule has 1 aliphatic heterocycles. The molecule has 0 spiro atoms. The topological polar surface area (TPSA) is 217 Å². The van der Waals surface area contributed by atoms with Crippen molar-refractivity contribution in [3.63, 3.8) is 0 Å². The summed E-state index contributed by atoms with van der Waals surface area (Å²) >= 11 is 0. The standard InChI is InChI=1S/C28H29F6N5O5.C6H10O5/c1-4-26(35)18(13-19-21(39(26)25(40)41)5-6-23(37-19)43-3)24-36-14-22(44-8-7-42-2)20(38-24)11-15-9-16(27(29,30)31)12-17(10-15)28(32,33)34;7-5(8)1-3-11-4-2-6(9)10/h5-6,9-10,12,14,18H,4,7-8,11,13,35H2,1-3H3,(H,40,41);1-4H2,(H,7,8)(H,9,10). The van der Waals surface area contributed by atoms with Gasteiger partial charge in [0, 0.05) is 26.0 Å². The van der Waals surface area contributed by atoms with Crippen LogP contribution in [0.3, 0.4) is 0 Å². The summed E-state index contributed by atoms with van der Waals surface area (Å²) < 4.78 is 102. The molecule has 2 atom stereocenters. The van der Waals surface area contributed by atoms with Crippen LogP contribution in [-0.4, -0.2) is 94.6 Å². The first-order valence-electron chi connectivity index (χ1n) is 16.4. The molecule has 15 nitrogen and oxygen atoms in total. The average Bonchev–Trinajstić information content (AvgIpc) is 3.10. The fraction of sp³-hybridized carbons (Fsp3) is 0.471. The smallest absolute Gasteiger partial charge is 0.416 e. The zero-order valence-corrected chi connectivity index (χ0v) is 29.7. The summed E-state index contributed by atoms with van der Waals surface area (Å²) in [6.45, 7) is 1.90. The summed E-state index contributed by atoms with van der Waals surface area (Å²) in [4.78, 5) is 46.5. The SMILES string of the molecule is CCC1(N)C(c2ncc(OCCOC)c(Cc3cc(C(F)(F)F)cc(C(F)(F)F)c3)n2)Cc2nc(OC)ccc2N1C(=O)O.O=C(O)CCOCCC(=O)O. The highest BCUT2D eigenvalue weighted by Crippen LogP contribution is 2.44. The molecular weight excluding hydrogens is 752 g/mol. The Kier molecular flexibility index (Phi) is 15.1. The van der Waals surface area contributed by atoms with Crippen molar-refractivity contribution in [1.82, 2.24) is 15.0 Å². The van der Waals surface area contributed by atoms with Crippen molar-refractivity contribution in [2.24, 2.45) is 5.73 Å². The molecule has 3 aromatic rings. The predicted octanol–water partition coefficient (Wildman–Crippen LogP) is 5.38. The van der Waals surface area contributed by atoms with Crippen LogP contribution < -0.4 is 20.1 Å². The third kappa shape index (κ3) is 11.9. The minimum Gasteiger partial charge on any atom is -0.488 e. The Bertz CT molecular complexity index is 1760. The van der Waals surface area contributed by atoms with Gasteiger partial charge in [-0.15, -0.1) is 0 Å². The molecule has 3 heterocycles. The van der Waals surface area contributed by atoms with Crippen LogP contribution in [0.1, 0.15) is 66.0 Å². The Hall–Kier alpha value is -5.28. The van der Waals surface area contributed by atoms with Gasteiger partial charge in [-0.25, -0.2) is 19.7 Å². The quantitative estimate of drug-likeness (QED) is 0.112. The van der Waals surface area contributed by atoms with Gasteiger partial charge in [-0.1, -0.05) is 6.92 Å². The van der Waals surface area contributed by atoms with E-state index in [4.69, 9.17) is 34.9 Å². The number of carbonyl (C=O) groups is 3. The summed E-state index contributed by atoms with van der Waals surface area (Å²) in [7, 11) is 2.80. The number of nitrogens with two attached hydrogens (primary N) is 1. The average molecular weight is 792 g/mol. The second kappa shape index (κ2) is 18.8. The van der Waals surface area contributed by atoms with Crippen LogP contribution >= 0.6 is 0 Å². The summed E-state index contributed by atoms with van der Waals surface area (Å²) in [6.07, 6.45) is -10.8. The number of aromatic nitrogens is 3. The molecule has 0 bridgehead atoms. The van der Waals surface area contributed by atoms with Gasteiger partial charge in [0.1, 0.15) is 18.1 Å². The molecule has 1 aromatic carbocycles. The van der Waals surface area contributed by atoms with Gasteiger partial charge in [0.25, 0.3) is 0 Å². The number of methoxy groups -OCH3 is 2. The second-order valence-electron chi connectivity index (χ2n) is 11.9. The molecule has 2 unspecified atom stereocenters. The number of alkyl halides is 6. The van der Waals surface area contributed by atoms with E-state index in [0.29, 0.717) is 17.8 Å². The van der Waals surface area contributed by atoms with E-state index in [-0.39, 0.29) is 92.6 Å². The monoisotopic (exact) mass is 791 g/mol. The number of halogens is 6. The first-order chi connectivity index (χ1) is 25.7. The van der Waals surface area contributed by atoms with Crippen molar-refractivity contribution in [1.29, 1.82) is 0 Å². The molecule has 5 N–H and O–H groups in total. The number of pyridine rings is 1. The van der Waals surface area contributed by atoms with E-state index in [0.717, 1.165) is 4.90 Å². The number of carboxylic acid groups (broad SMARTS) is 3. The first kappa shape index (κ1) is 44.1. The van der Waals surface area contributed by atoms with Crippen molar-refractivity contribution in [2.45, 2.75) is 63.0 Å². The number of fused-ring (bicyclic) bond motifs is 1. The number of rotatable bonds is 15. The molecule has 0 saturated carbocycles. The molecule has 4 rings (SSSR count). The number of hydrogen-bond donors (Lipinski definition) is 4. The van der Waals surface area contributed by atoms with Gasteiger partial charge in [-0.2, -0.15) is 26.3 Å². The highest BCUT2D eigenvalue weighted by atomic mass is 19.4. The van der Waals surface area contributed by atoms with Gasteiger partial charge in [0.15, 0.2) is 5.75 Å². The predicted molar refractivity (Wildman–Crippen MR) is 179 cm³/mol. The van der Waals surface area contributed by atoms with E-state index < -0.39 is 59.5 Å². The molecule has 1 amide bonds. The summed E-state index contributed by atoms with van der Waals surface area (Å²) in [5.41, 5.74) is 2.34. The van der Waals surface area contributed by atoms with E-state index in [2.05, 4.69) is 15.0 Å². The molecule has 0 aliphatic carbocycles. The number of nitrogens with zero attached hydrogens (tertiary/aromatic N) is 4. The molecule has 0 fully saturated rings. The Morgan fingerprint density at radius 3 is 2.00 bits per heavy atom. The van der Waals surface area contributed by atoms with Gasteiger partial charge >= 0.3 is 30.4 Å². The molecule has 0 radical (unpaired) electrons. The fourth-order valence-corrected chi connectivity index (χ4v) is 5.50. The van der Waals surface area contributed by atoms with E-state index in [1.165, 1.54) is 32.5 Å². The van der Waals surface area contributed by atoms with Gasteiger partial charge in [-0.3, -0.25) is 14.5 Å². The number of carboxylic acids is 2. The Morgan fingerprint density at radius 1 is 0.909 bits per heavy atom. The highest BCUT2D eigenvalue weighted by molar-refractivity contribution is 5.89. The van der Waals surface area contributed by atoms with Crippen LogP contribution in [0.4, 0.5) is 36.8 Å². The third-order valence-electron chi connectivity index (χ3n) is 8.19. The lowest BCUT2D eigenvalue weighted by Gasteiger charge is -2.47. The lowest BCUT2D eigenvalue weighted by atomic mass is 9.80. The summed E-state index contributed by atoms with van der Waals surface area (Å²) in [6, 6.07) is 4.24. The molecule has 21 heteroatoms. The lowest BCUT2D eigenvalue weighted by Crippen LogP contribution is -2.64. The number of aliphatic carboxylic acids is 2. The summed E-state index contributed by atoms with van der Waals surface area (Å²) in [5, 5.41) is 26.4. The lowest BCUT2D eigenvalue weighted by molar-refractivity contribution is -0.143. The van der Waals surface area contributed by atoms with Gasteiger partial charge < -0.3 is 40.0 Å². The van der Waals surface area contributed by atoms with Crippen LogP contribution in [0.25, 0.3) is 0 Å². The molecular formula is C34H39F6N5O10.